The zero-order valence-corrected chi connectivity index (χ0v) is 13.9. The van der Waals surface area contributed by atoms with Crippen molar-refractivity contribution in [3.8, 4) is 5.75 Å². The lowest BCUT2D eigenvalue weighted by Crippen LogP contribution is -1.99. The monoisotopic (exact) mass is 348 g/mol. The number of aliphatic carboxylic acids is 1. The fraction of sp³-hybridized carbons (Fsp3) is 0.0455. The molecule has 0 radical (unpaired) electrons. The largest absolute Gasteiger partial charge is 0.489 e. The fourth-order valence-corrected chi connectivity index (χ4v) is 2.46. The number of benzene rings is 3. The Morgan fingerprint density at radius 2 is 1.58 bits per heavy atom. The average Bonchev–Trinajstić information content (AvgIpc) is 2.67. The molecule has 0 aromatic heterocycles. The van der Waals surface area contributed by atoms with E-state index in [1.165, 1.54) is 12.1 Å². The van der Waals surface area contributed by atoms with Gasteiger partial charge in [-0.2, -0.15) is 0 Å². The highest BCUT2D eigenvalue weighted by Crippen LogP contribution is 2.21. The molecule has 0 fully saturated rings. The van der Waals surface area contributed by atoms with Crippen LogP contribution in [-0.4, -0.2) is 11.1 Å². The first-order valence-electron chi connectivity index (χ1n) is 8.09. The highest BCUT2D eigenvalue weighted by atomic mass is 19.1. The number of hydrogen-bond acceptors (Lipinski definition) is 2. The Morgan fingerprint density at radius 3 is 2.19 bits per heavy atom. The highest BCUT2D eigenvalue weighted by molar-refractivity contribution is 6.20. The van der Waals surface area contributed by atoms with Crippen molar-refractivity contribution in [1.82, 2.24) is 0 Å². The van der Waals surface area contributed by atoms with E-state index in [0.29, 0.717) is 17.9 Å². The third-order valence-corrected chi connectivity index (χ3v) is 3.83. The Labute approximate surface area is 151 Å². The van der Waals surface area contributed by atoms with Crippen LogP contribution in [0.25, 0.3) is 11.6 Å². The van der Waals surface area contributed by atoms with Crippen LogP contribution in [0.3, 0.4) is 0 Å². The number of rotatable bonds is 6. The Bertz CT molecular complexity index is 898. The molecule has 3 aromatic rings. The minimum absolute atomic E-state index is 0.227. The molecular weight excluding hydrogens is 331 g/mol. The van der Waals surface area contributed by atoms with Crippen molar-refractivity contribution in [2.45, 2.75) is 6.61 Å². The lowest BCUT2D eigenvalue weighted by molar-refractivity contribution is -0.130. The molecule has 130 valence electrons. The summed E-state index contributed by atoms with van der Waals surface area (Å²) in [5, 5.41) is 9.45. The number of carboxylic acids is 1. The minimum Gasteiger partial charge on any atom is -0.489 e. The Balaban J connectivity index is 1.72. The van der Waals surface area contributed by atoms with Crippen molar-refractivity contribution >= 4 is 17.6 Å². The van der Waals surface area contributed by atoms with Gasteiger partial charge in [-0.05, 0) is 47.0 Å². The number of ether oxygens (including phenoxy) is 1. The number of hydrogen-bond donors (Lipinski definition) is 1. The summed E-state index contributed by atoms with van der Waals surface area (Å²) in [5.41, 5.74) is 2.51. The molecule has 0 amide bonds. The maximum absolute atomic E-state index is 12.9. The third-order valence-electron chi connectivity index (χ3n) is 3.83. The van der Waals surface area contributed by atoms with E-state index < -0.39 is 5.97 Å². The SMILES string of the molecule is O=C(O)/C(=C\c1ccc(OCc2ccc(F)cc2)cc1)c1ccccc1. The van der Waals surface area contributed by atoms with Gasteiger partial charge in [-0.15, -0.1) is 0 Å². The lowest BCUT2D eigenvalue weighted by Gasteiger charge is -2.07. The predicted molar refractivity (Wildman–Crippen MR) is 99.1 cm³/mol. The average molecular weight is 348 g/mol. The van der Waals surface area contributed by atoms with Crippen LogP contribution in [0, 0.1) is 5.82 Å². The molecule has 3 nitrogen and oxygen atoms in total. The maximum atomic E-state index is 12.9. The predicted octanol–water partition coefficient (Wildman–Crippen LogP) is 5.03. The lowest BCUT2D eigenvalue weighted by atomic mass is 10.0. The van der Waals surface area contributed by atoms with Crippen LogP contribution in [0.15, 0.2) is 78.9 Å². The van der Waals surface area contributed by atoms with E-state index in [0.717, 1.165) is 11.1 Å². The van der Waals surface area contributed by atoms with Crippen LogP contribution >= 0.6 is 0 Å². The van der Waals surface area contributed by atoms with E-state index in [2.05, 4.69) is 0 Å². The summed E-state index contributed by atoms with van der Waals surface area (Å²) >= 11 is 0. The summed E-state index contributed by atoms with van der Waals surface area (Å²) in [5.74, 6) is -0.603. The van der Waals surface area contributed by atoms with Crippen LogP contribution in [-0.2, 0) is 11.4 Å². The van der Waals surface area contributed by atoms with Crippen LogP contribution in [0.1, 0.15) is 16.7 Å². The highest BCUT2D eigenvalue weighted by Gasteiger charge is 2.09. The van der Waals surface area contributed by atoms with E-state index >= 15 is 0 Å². The second-order valence-electron chi connectivity index (χ2n) is 5.71. The summed E-state index contributed by atoms with van der Waals surface area (Å²) in [6, 6.07) is 22.3. The fourth-order valence-electron chi connectivity index (χ4n) is 2.46. The van der Waals surface area contributed by atoms with E-state index in [1.807, 2.05) is 6.07 Å². The van der Waals surface area contributed by atoms with E-state index in [9.17, 15) is 14.3 Å². The quantitative estimate of drug-likeness (QED) is 0.502. The first-order chi connectivity index (χ1) is 12.6. The van der Waals surface area contributed by atoms with Crippen molar-refractivity contribution < 1.29 is 19.0 Å². The second-order valence-corrected chi connectivity index (χ2v) is 5.71. The van der Waals surface area contributed by atoms with E-state index in [1.54, 1.807) is 66.7 Å². The molecule has 0 bridgehead atoms. The summed E-state index contributed by atoms with van der Waals surface area (Å²) in [4.78, 5) is 11.5. The molecule has 3 rings (SSSR count). The standard InChI is InChI=1S/C22H17FO3/c23-19-10-6-17(7-11-19)15-26-20-12-8-16(9-13-20)14-21(22(24)25)18-4-2-1-3-5-18/h1-14H,15H2,(H,24,25)/b21-14-. The van der Waals surface area contributed by atoms with Gasteiger partial charge in [-0.1, -0.05) is 54.6 Å². The van der Waals surface area contributed by atoms with Gasteiger partial charge in [0.1, 0.15) is 18.2 Å². The van der Waals surface area contributed by atoms with Crippen molar-refractivity contribution in [2.24, 2.45) is 0 Å². The van der Waals surface area contributed by atoms with Gasteiger partial charge in [0.15, 0.2) is 0 Å². The van der Waals surface area contributed by atoms with Gasteiger partial charge >= 0.3 is 5.97 Å². The van der Waals surface area contributed by atoms with Crippen LogP contribution in [0.2, 0.25) is 0 Å². The molecule has 4 heteroatoms. The summed E-state index contributed by atoms with van der Waals surface area (Å²) in [7, 11) is 0. The molecule has 0 aliphatic rings. The van der Waals surface area contributed by atoms with Crippen molar-refractivity contribution in [3.05, 3.63) is 101 Å². The summed E-state index contributed by atoms with van der Waals surface area (Å²) in [6.45, 7) is 0.333. The van der Waals surface area contributed by atoms with Gasteiger partial charge in [0.25, 0.3) is 0 Å². The number of carboxylic acid groups (broad SMARTS) is 1. The molecule has 0 atom stereocenters. The van der Waals surface area contributed by atoms with Gasteiger partial charge in [0.05, 0.1) is 5.57 Å². The first-order valence-corrected chi connectivity index (χ1v) is 8.09. The Kier molecular flexibility index (Phi) is 5.44. The Morgan fingerprint density at radius 1 is 0.923 bits per heavy atom. The molecule has 0 saturated heterocycles. The molecule has 1 N–H and O–H groups in total. The van der Waals surface area contributed by atoms with Crippen LogP contribution in [0.4, 0.5) is 4.39 Å². The molecule has 3 aromatic carbocycles. The second kappa shape index (κ2) is 8.12. The molecule has 0 heterocycles. The molecule has 0 aliphatic heterocycles. The molecule has 0 saturated carbocycles. The Hall–Kier alpha value is -3.40. The smallest absolute Gasteiger partial charge is 0.336 e. The van der Waals surface area contributed by atoms with Gasteiger partial charge < -0.3 is 9.84 Å². The van der Waals surface area contributed by atoms with Crippen LogP contribution in [0.5, 0.6) is 5.75 Å². The van der Waals surface area contributed by atoms with E-state index in [4.69, 9.17) is 4.74 Å². The zero-order chi connectivity index (χ0) is 18.4. The molecule has 0 unspecified atom stereocenters. The summed E-state index contributed by atoms with van der Waals surface area (Å²) in [6.07, 6.45) is 1.63. The van der Waals surface area contributed by atoms with Crippen LogP contribution < -0.4 is 4.74 Å². The topological polar surface area (TPSA) is 46.5 Å². The minimum atomic E-state index is -0.979. The molecule has 26 heavy (non-hydrogen) atoms. The van der Waals surface area contributed by atoms with Crippen molar-refractivity contribution in [1.29, 1.82) is 0 Å². The van der Waals surface area contributed by atoms with E-state index in [-0.39, 0.29) is 11.4 Å². The molecule has 0 aliphatic carbocycles. The van der Waals surface area contributed by atoms with Gasteiger partial charge in [-0.3, -0.25) is 0 Å². The maximum Gasteiger partial charge on any atom is 0.336 e. The zero-order valence-electron chi connectivity index (χ0n) is 13.9. The molecular formula is C22H17FO3. The normalized spacial score (nSPS) is 11.2. The third kappa shape index (κ3) is 4.57. The number of halogens is 1. The van der Waals surface area contributed by atoms with Gasteiger partial charge in [0, 0.05) is 0 Å². The molecule has 0 spiro atoms. The first kappa shape index (κ1) is 17.4. The van der Waals surface area contributed by atoms with Gasteiger partial charge in [-0.25, -0.2) is 9.18 Å². The van der Waals surface area contributed by atoms with Gasteiger partial charge in [0.2, 0.25) is 0 Å². The number of carbonyl (C=O) groups is 1. The van der Waals surface area contributed by atoms with Crippen molar-refractivity contribution in [2.75, 3.05) is 0 Å². The summed E-state index contributed by atoms with van der Waals surface area (Å²) < 4.78 is 18.6. The van der Waals surface area contributed by atoms with Crippen molar-refractivity contribution in [3.63, 3.8) is 0 Å².